The van der Waals surface area contributed by atoms with Crippen LogP contribution in [0.1, 0.15) is 11.1 Å². The van der Waals surface area contributed by atoms with Crippen LogP contribution in [0.15, 0.2) is 24.3 Å². The van der Waals surface area contributed by atoms with Gasteiger partial charge in [0.25, 0.3) is 0 Å². The van der Waals surface area contributed by atoms with Gasteiger partial charge in [-0.2, -0.15) is 0 Å². The van der Waals surface area contributed by atoms with Crippen LogP contribution in [-0.2, 0) is 16.1 Å². The van der Waals surface area contributed by atoms with Gasteiger partial charge in [0.2, 0.25) is 0 Å². The van der Waals surface area contributed by atoms with Crippen LogP contribution >= 0.6 is 0 Å². The van der Waals surface area contributed by atoms with Crippen LogP contribution in [0.2, 0.25) is 0 Å². The highest BCUT2D eigenvalue weighted by molar-refractivity contribution is 5.73. The number of aliphatic carboxylic acids is 1. The predicted molar refractivity (Wildman–Crippen MR) is 65.0 cm³/mol. The molecule has 0 bridgehead atoms. The van der Waals surface area contributed by atoms with Crippen molar-refractivity contribution in [2.24, 2.45) is 0 Å². The first kappa shape index (κ1) is 14.0. The average Bonchev–Trinajstić information content (AvgIpc) is 2.31. The maximum absolute atomic E-state index is 11.2. The van der Waals surface area contributed by atoms with Crippen molar-refractivity contribution in [1.82, 2.24) is 10.8 Å². The highest BCUT2D eigenvalue weighted by Crippen LogP contribution is 2.06. The van der Waals surface area contributed by atoms with E-state index in [0.29, 0.717) is 13.0 Å². The number of nitrogens with one attached hydrogen (secondary N) is 2. The summed E-state index contributed by atoms with van der Waals surface area (Å²) in [6.45, 7) is 1.89. The number of benzene rings is 1. The summed E-state index contributed by atoms with van der Waals surface area (Å²) in [4.78, 5) is 25.7. The summed E-state index contributed by atoms with van der Waals surface area (Å²) in [6, 6.07) is 7.35. The molecule has 1 rings (SSSR count). The predicted octanol–water partition coefficient (Wildman–Crippen LogP) is 0.853. The number of amides is 2. The van der Waals surface area contributed by atoms with Crippen LogP contribution in [0.25, 0.3) is 0 Å². The van der Waals surface area contributed by atoms with Gasteiger partial charge in [-0.05, 0) is 24.5 Å². The lowest BCUT2D eigenvalue weighted by Gasteiger charge is -2.08. The molecular weight excluding hydrogens is 236 g/mol. The number of carboxylic acids is 1. The number of carbonyl (C=O) groups excluding carboxylic acids is 1. The molecule has 0 unspecified atom stereocenters. The molecule has 0 atom stereocenters. The minimum atomic E-state index is -1.14. The number of urea groups is 1. The van der Waals surface area contributed by atoms with Crippen molar-refractivity contribution in [3.8, 4) is 0 Å². The second-order valence-corrected chi connectivity index (χ2v) is 3.72. The van der Waals surface area contributed by atoms with E-state index in [4.69, 9.17) is 5.11 Å². The zero-order chi connectivity index (χ0) is 13.4. The van der Waals surface area contributed by atoms with E-state index < -0.39 is 18.6 Å². The summed E-state index contributed by atoms with van der Waals surface area (Å²) >= 11 is 0. The first-order chi connectivity index (χ1) is 8.59. The third-order valence-electron chi connectivity index (χ3n) is 2.30. The Morgan fingerprint density at radius 2 is 2.06 bits per heavy atom. The molecule has 3 N–H and O–H groups in total. The fraction of sp³-hybridized carbons (Fsp3) is 0.333. The lowest BCUT2D eigenvalue weighted by atomic mass is 10.1. The first-order valence-electron chi connectivity index (χ1n) is 5.51. The molecule has 0 fully saturated rings. The van der Waals surface area contributed by atoms with Gasteiger partial charge in [-0.1, -0.05) is 24.3 Å². The molecule has 0 aliphatic heterocycles. The van der Waals surface area contributed by atoms with E-state index >= 15 is 0 Å². The van der Waals surface area contributed by atoms with Crippen LogP contribution in [0.3, 0.4) is 0 Å². The molecule has 1 aromatic carbocycles. The molecule has 0 saturated heterocycles. The Hall–Kier alpha value is -2.08. The van der Waals surface area contributed by atoms with E-state index in [9.17, 15) is 9.59 Å². The van der Waals surface area contributed by atoms with Crippen LogP contribution in [0.4, 0.5) is 4.79 Å². The van der Waals surface area contributed by atoms with E-state index in [1.807, 2.05) is 36.7 Å². The van der Waals surface area contributed by atoms with Gasteiger partial charge in [-0.25, -0.2) is 15.1 Å². The molecule has 0 aliphatic carbocycles. The summed E-state index contributed by atoms with van der Waals surface area (Å²) < 4.78 is 0. The fourth-order valence-corrected chi connectivity index (χ4v) is 1.40. The number of hydrogen-bond acceptors (Lipinski definition) is 3. The van der Waals surface area contributed by atoms with Gasteiger partial charge >= 0.3 is 12.0 Å². The number of hydroxylamine groups is 1. The maximum Gasteiger partial charge on any atom is 0.338 e. The molecule has 0 radical (unpaired) electrons. The van der Waals surface area contributed by atoms with Crippen LogP contribution in [0.5, 0.6) is 0 Å². The zero-order valence-corrected chi connectivity index (χ0v) is 10.1. The molecule has 18 heavy (non-hydrogen) atoms. The van der Waals surface area contributed by atoms with Gasteiger partial charge in [0.1, 0.15) is 0 Å². The molecule has 2 amide bonds. The standard InChI is InChI=1S/C12H16N2O4/c1-9-4-2-3-5-10(9)6-7-13-12(17)14-18-8-11(15)16/h2-5H,6-8H2,1H3,(H,15,16)(H2,13,14,17). The third-order valence-corrected chi connectivity index (χ3v) is 2.30. The van der Waals surface area contributed by atoms with E-state index in [0.717, 1.165) is 5.56 Å². The minimum Gasteiger partial charge on any atom is -0.479 e. The molecule has 0 saturated carbocycles. The molecule has 0 aromatic heterocycles. The lowest BCUT2D eigenvalue weighted by Crippen LogP contribution is -2.37. The molecule has 0 spiro atoms. The molecule has 0 heterocycles. The summed E-state index contributed by atoms with van der Waals surface area (Å²) in [5.74, 6) is -1.14. The SMILES string of the molecule is Cc1ccccc1CCNC(=O)NOCC(=O)O. The number of carboxylic acid groups (broad SMARTS) is 1. The van der Waals surface area contributed by atoms with Crippen molar-refractivity contribution in [2.75, 3.05) is 13.2 Å². The highest BCUT2D eigenvalue weighted by atomic mass is 16.7. The number of rotatable bonds is 6. The van der Waals surface area contributed by atoms with Crippen molar-refractivity contribution < 1.29 is 19.5 Å². The molecule has 0 aliphatic rings. The van der Waals surface area contributed by atoms with Gasteiger partial charge in [0.05, 0.1) is 0 Å². The van der Waals surface area contributed by atoms with Crippen molar-refractivity contribution in [1.29, 1.82) is 0 Å². The zero-order valence-electron chi connectivity index (χ0n) is 10.1. The molecule has 98 valence electrons. The van der Waals surface area contributed by atoms with Crippen molar-refractivity contribution >= 4 is 12.0 Å². The molecule has 1 aromatic rings. The van der Waals surface area contributed by atoms with Crippen molar-refractivity contribution in [3.63, 3.8) is 0 Å². The Bertz CT molecular complexity index is 420. The molecule has 6 heteroatoms. The van der Waals surface area contributed by atoms with E-state index in [-0.39, 0.29) is 0 Å². The summed E-state index contributed by atoms with van der Waals surface area (Å²) in [7, 11) is 0. The quantitative estimate of drug-likeness (QED) is 0.655. The second kappa shape index (κ2) is 7.29. The van der Waals surface area contributed by atoms with Gasteiger partial charge in [0.15, 0.2) is 6.61 Å². The Kier molecular flexibility index (Phi) is 5.66. The Morgan fingerprint density at radius 1 is 1.33 bits per heavy atom. The number of carbonyl (C=O) groups is 2. The van der Waals surface area contributed by atoms with Crippen molar-refractivity contribution in [2.45, 2.75) is 13.3 Å². The summed E-state index contributed by atoms with van der Waals surface area (Å²) in [6.07, 6.45) is 0.707. The molecule has 6 nitrogen and oxygen atoms in total. The summed E-state index contributed by atoms with van der Waals surface area (Å²) in [5.41, 5.74) is 4.31. The average molecular weight is 252 g/mol. The van der Waals surface area contributed by atoms with Crippen LogP contribution in [-0.4, -0.2) is 30.3 Å². The minimum absolute atomic E-state index is 0.452. The molecular formula is C12H16N2O4. The van der Waals surface area contributed by atoms with E-state index in [2.05, 4.69) is 10.2 Å². The van der Waals surface area contributed by atoms with Crippen LogP contribution in [0, 0.1) is 6.92 Å². The Labute approximate surface area is 105 Å². The fourth-order valence-electron chi connectivity index (χ4n) is 1.40. The number of aryl methyl sites for hydroxylation is 1. The van der Waals surface area contributed by atoms with Gasteiger partial charge < -0.3 is 10.4 Å². The monoisotopic (exact) mass is 252 g/mol. The highest BCUT2D eigenvalue weighted by Gasteiger charge is 2.02. The van der Waals surface area contributed by atoms with Gasteiger partial charge in [-0.3, -0.25) is 4.84 Å². The lowest BCUT2D eigenvalue weighted by molar-refractivity contribution is -0.144. The summed E-state index contributed by atoms with van der Waals surface area (Å²) in [5, 5.41) is 10.8. The maximum atomic E-state index is 11.2. The van der Waals surface area contributed by atoms with Crippen molar-refractivity contribution in [3.05, 3.63) is 35.4 Å². The van der Waals surface area contributed by atoms with Gasteiger partial charge in [-0.15, -0.1) is 0 Å². The largest absolute Gasteiger partial charge is 0.479 e. The second-order valence-electron chi connectivity index (χ2n) is 3.72. The Morgan fingerprint density at radius 3 is 2.72 bits per heavy atom. The Balaban J connectivity index is 2.20. The normalized spacial score (nSPS) is 9.83. The van der Waals surface area contributed by atoms with Crippen LogP contribution < -0.4 is 10.8 Å². The number of hydrogen-bond donors (Lipinski definition) is 3. The van der Waals surface area contributed by atoms with E-state index in [1.54, 1.807) is 0 Å². The van der Waals surface area contributed by atoms with E-state index in [1.165, 1.54) is 5.56 Å². The third kappa shape index (κ3) is 5.31. The topological polar surface area (TPSA) is 87.7 Å². The van der Waals surface area contributed by atoms with Gasteiger partial charge in [0, 0.05) is 6.54 Å². The first-order valence-corrected chi connectivity index (χ1v) is 5.51. The smallest absolute Gasteiger partial charge is 0.338 e.